The van der Waals surface area contributed by atoms with Gasteiger partial charge in [0.2, 0.25) is 15.9 Å². The first-order valence-corrected chi connectivity index (χ1v) is 12.1. The summed E-state index contributed by atoms with van der Waals surface area (Å²) in [7, 11) is -3.70. The normalized spacial score (nSPS) is 22.2. The van der Waals surface area contributed by atoms with E-state index < -0.39 is 33.8 Å². The van der Waals surface area contributed by atoms with E-state index in [-0.39, 0.29) is 41.3 Å². The Kier molecular flexibility index (Phi) is 6.08. The average molecular weight is 472 g/mol. The van der Waals surface area contributed by atoms with E-state index in [9.17, 15) is 22.8 Å². The molecule has 0 saturated carbocycles. The highest BCUT2D eigenvalue weighted by Gasteiger charge is 2.40. The molecule has 0 aliphatic carbocycles. The lowest BCUT2D eigenvalue weighted by molar-refractivity contribution is -0.119. The van der Waals surface area contributed by atoms with Gasteiger partial charge in [-0.2, -0.15) is 4.31 Å². The predicted molar refractivity (Wildman–Crippen MR) is 120 cm³/mol. The number of benzene rings is 2. The molecule has 1 fully saturated rings. The van der Waals surface area contributed by atoms with Gasteiger partial charge in [-0.3, -0.25) is 19.3 Å². The minimum atomic E-state index is -3.70. The number of imide groups is 1. The molecule has 33 heavy (non-hydrogen) atoms. The largest absolute Gasteiger partial charge is 0.373 e. The van der Waals surface area contributed by atoms with Gasteiger partial charge in [-0.25, -0.2) is 8.42 Å². The zero-order valence-electron chi connectivity index (χ0n) is 18.5. The first-order valence-electron chi connectivity index (χ1n) is 10.6. The van der Waals surface area contributed by atoms with Crippen LogP contribution >= 0.6 is 0 Å². The molecule has 2 aliphatic rings. The van der Waals surface area contributed by atoms with Crippen molar-refractivity contribution in [2.24, 2.45) is 0 Å². The van der Waals surface area contributed by atoms with Crippen LogP contribution in [0.4, 0.5) is 5.69 Å². The molecule has 2 aromatic carbocycles. The molecule has 2 aromatic rings. The fraction of sp³-hybridized carbons (Fsp3) is 0.348. The number of hydrogen-bond acceptors (Lipinski definition) is 6. The zero-order chi connectivity index (χ0) is 23.9. The fourth-order valence-electron chi connectivity index (χ4n) is 4.11. The Labute approximate surface area is 192 Å². The summed E-state index contributed by atoms with van der Waals surface area (Å²) in [6, 6.07) is 11.2. The number of sulfonamides is 1. The Balaban J connectivity index is 1.45. The Bertz CT molecular complexity index is 1170. The van der Waals surface area contributed by atoms with Crippen molar-refractivity contribution in [2.75, 3.05) is 18.4 Å². The van der Waals surface area contributed by atoms with Crippen LogP contribution in [0.25, 0.3) is 0 Å². The van der Waals surface area contributed by atoms with Crippen molar-refractivity contribution >= 4 is 33.4 Å². The monoisotopic (exact) mass is 471 g/mol. The summed E-state index contributed by atoms with van der Waals surface area (Å²) < 4.78 is 32.9. The van der Waals surface area contributed by atoms with Gasteiger partial charge in [0.15, 0.2) is 0 Å². The van der Waals surface area contributed by atoms with Crippen molar-refractivity contribution in [1.29, 1.82) is 0 Å². The predicted octanol–water partition coefficient (Wildman–Crippen LogP) is 2.11. The molecule has 1 N–H and O–H groups in total. The van der Waals surface area contributed by atoms with Gasteiger partial charge in [-0.1, -0.05) is 12.1 Å². The molecule has 174 valence electrons. The van der Waals surface area contributed by atoms with Crippen LogP contribution in [0.2, 0.25) is 0 Å². The van der Waals surface area contributed by atoms with Crippen LogP contribution in [0.1, 0.15) is 41.5 Å². The van der Waals surface area contributed by atoms with Crippen molar-refractivity contribution in [3.8, 4) is 0 Å². The van der Waals surface area contributed by atoms with Gasteiger partial charge in [0.25, 0.3) is 11.8 Å². The minimum Gasteiger partial charge on any atom is -0.373 e. The van der Waals surface area contributed by atoms with E-state index in [1.54, 1.807) is 24.3 Å². The van der Waals surface area contributed by atoms with E-state index in [1.807, 2.05) is 13.8 Å². The third kappa shape index (κ3) is 4.29. The number of rotatable bonds is 5. The molecule has 3 atom stereocenters. The smallest absolute Gasteiger partial charge is 0.262 e. The summed E-state index contributed by atoms with van der Waals surface area (Å²) in [5, 5.41) is 2.65. The van der Waals surface area contributed by atoms with E-state index in [2.05, 4.69) is 5.32 Å². The number of nitrogens with zero attached hydrogens (tertiary/aromatic N) is 2. The molecule has 2 heterocycles. The lowest BCUT2D eigenvalue weighted by Gasteiger charge is -2.34. The van der Waals surface area contributed by atoms with Gasteiger partial charge >= 0.3 is 0 Å². The summed E-state index contributed by atoms with van der Waals surface area (Å²) in [5.74, 6) is -1.60. The topological polar surface area (TPSA) is 113 Å². The van der Waals surface area contributed by atoms with Crippen molar-refractivity contribution in [2.45, 2.75) is 43.9 Å². The lowest BCUT2D eigenvalue weighted by Crippen LogP contribution is -2.48. The van der Waals surface area contributed by atoms with Gasteiger partial charge in [-0.15, -0.1) is 0 Å². The highest BCUT2D eigenvalue weighted by atomic mass is 32.2. The molecular weight excluding hydrogens is 446 g/mol. The Morgan fingerprint density at radius 1 is 0.970 bits per heavy atom. The SMILES string of the molecule is C[C@H](C(=O)Nc1ccc(S(=O)(=O)N2C[C@H](C)O[C@@H](C)C2)cc1)N1C(=O)c2ccccc2C1=O. The van der Waals surface area contributed by atoms with Gasteiger partial charge < -0.3 is 10.1 Å². The molecule has 0 unspecified atom stereocenters. The van der Waals surface area contributed by atoms with Crippen LogP contribution in [0.3, 0.4) is 0 Å². The highest BCUT2D eigenvalue weighted by molar-refractivity contribution is 7.89. The van der Waals surface area contributed by atoms with E-state index in [0.29, 0.717) is 5.69 Å². The van der Waals surface area contributed by atoms with E-state index >= 15 is 0 Å². The average Bonchev–Trinajstić information content (AvgIpc) is 3.03. The van der Waals surface area contributed by atoms with E-state index in [1.165, 1.54) is 35.5 Å². The minimum absolute atomic E-state index is 0.107. The summed E-state index contributed by atoms with van der Waals surface area (Å²) >= 11 is 0. The van der Waals surface area contributed by atoms with E-state index in [4.69, 9.17) is 4.74 Å². The highest BCUT2D eigenvalue weighted by Crippen LogP contribution is 2.26. The van der Waals surface area contributed by atoms with Gasteiger partial charge in [-0.05, 0) is 57.2 Å². The number of carbonyl (C=O) groups is 3. The summed E-state index contributed by atoms with van der Waals surface area (Å²) in [6.45, 7) is 5.65. The van der Waals surface area contributed by atoms with Crippen molar-refractivity contribution in [3.63, 3.8) is 0 Å². The van der Waals surface area contributed by atoms with Crippen LogP contribution < -0.4 is 5.32 Å². The van der Waals surface area contributed by atoms with Crippen LogP contribution in [0.5, 0.6) is 0 Å². The first-order chi connectivity index (χ1) is 15.6. The molecule has 0 spiro atoms. The first kappa shape index (κ1) is 23.1. The maximum atomic E-state index is 13.0. The maximum absolute atomic E-state index is 13.0. The third-order valence-electron chi connectivity index (χ3n) is 5.74. The summed E-state index contributed by atoms with van der Waals surface area (Å²) in [6.07, 6.45) is -0.406. The number of fused-ring (bicyclic) bond motifs is 1. The van der Waals surface area contributed by atoms with Crippen LogP contribution in [-0.4, -0.2) is 66.7 Å². The zero-order valence-corrected chi connectivity index (χ0v) is 19.3. The Morgan fingerprint density at radius 3 is 2.00 bits per heavy atom. The number of morpholine rings is 1. The Hall–Kier alpha value is -3.08. The number of anilines is 1. The number of hydrogen-bond donors (Lipinski definition) is 1. The number of amides is 3. The number of nitrogens with one attached hydrogen (secondary N) is 1. The molecule has 0 radical (unpaired) electrons. The standard InChI is InChI=1S/C23H25N3O6S/c1-14-12-25(13-15(2)32-14)33(30,31)18-10-8-17(9-11-18)24-21(27)16(3)26-22(28)19-6-4-5-7-20(19)23(26)29/h4-11,14-16H,12-13H2,1-3H3,(H,24,27)/t14-,15-,16+/m0/s1. The second-order valence-electron chi connectivity index (χ2n) is 8.29. The molecule has 1 saturated heterocycles. The lowest BCUT2D eigenvalue weighted by atomic mass is 10.1. The van der Waals surface area contributed by atoms with Gasteiger partial charge in [0.1, 0.15) is 6.04 Å². The summed E-state index contributed by atoms with van der Waals surface area (Å²) in [4.78, 5) is 39.0. The van der Waals surface area contributed by atoms with E-state index in [0.717, 1.165) is 4.90 Å². The van der Waals surface area contributed by atoms with Gasteiger partial charge in [0, 0.05) is 18.8 Å². The van der Waals surface area contributed by atoms with Crippen LogP contribution in [0.15, 0.2) is 53.4 Å². The molecule has 9 nitrogen and oxygen atoms in total. The molecule has 0 bridgehead atoms. The van der Waals surface area contributed by atoms with Gasteiger partial charge in [0.05, 0.1) is 28.2 Å². The number of ether oxygens (including phenoxy) is 1. The van der Waals surface area contributed by atoms with Crippen LogP contribution in [-0.2, 0) is 19.6 Å². The maximum Gasteiger partial charge on any atom is 0.262 e. The molecule has 0 aromatic heterocycles. The molecular formula is C23H25N3O6S. The van der Waals surface area contributed by atoms with Crippen LogP contribution in [0, 0.1) is 0 Å². The quantitative estimate of drug-likeness (QED) is 0.669. The second kappa shape index (κ2) is 8.69. The van der Waals surface area contributed by atoms with Crippen molar-refractivity contribution in [3.05, 3.63) is 59.7 Å². The number of carbonyl (C=O) groups excluding carboxylic acids is 3. The van der Waals surface area contributed by atoms with Crippen molar-refractivity contribution in [1.82, 2.24) is 9.21 Å². The van der Waals surface area contributed by atoms with Crippen molar-refractivity contribution < 1.29 is 27.5 Å². The fourth-order valence-corrected chi connectivity index (χ4v) is 5.70. The molecule has 3 amide bonds. The third-order valence-corrected chi connectivity index (χ3v) is 7.58. The summed E-state index contributed by atoms with van der Waals surface area (Å²) in [5.41, 5.74) is 0.887. The molecule has 10 heteroatoms. The second-order valence-corrected chi connectivity index (χ2v) is 10.2. The molecule has 2 aliphatic heterocycles. The molecule has 4 rings (SSSR count). The Morgan fingerprint density at radius 2 is 1.48 bits per heavy atom.